The highest BCUT2D eigenvalue weighted by atomic mass is 32.1. The average Bonchev–Trinajstić information content (AvgIpc) is 3.26. The zero-order valence-corrected chi connectivity index (χ0v) is 14.7. The van der Waals surface area contributed by atoms with Gasteiger partial charge < -0.3 is 9.73 Å². The molecule has 0 bridgehead atoms. The molecule has 4 aromatic rings. The van der Waals surface area contributed by atoms with E-state index in [1.165, 1.54) is 22.5 Å². The van der Waals surface area contributed by atoms with Crippen LogP contribution in [0.2, 0.25) is 0 Å². The van der Waals surface area contributed by atoms with Gasteiger partial charge in [0.2, 0.25) is 5.89 Å². The number of benzene rings is 2. The van der Waals surface area contributed by atoms with Crippen molar-refractivity contribution in [2.45, 2.75) is 13.8 Å². The normalized spacial score (nSPS) is 11.0. The molecular weight excluding hydrogens is 332 g/mol. The van der Waals surface area contributed by atoms with Crippen LogP contribution in [0, 0.1) is 13.8 Å². The number of fused-ring (bicyclic) bond motifs is 1. The molecule has 124 valence electrons. The highest BCUT2D eigenvalue weighted by Gasteiger charge is 2.11. The molecule has 0 fully saturated rings. The Hall–Kier alpha value is -2.92. The number of carbonyl (C=O) groups excluding carboxylic acids is 1. The van der Waals surface area contributed by atoms with Crippen LogP contribution in [0.15, 0.2) is 58.3 Å². The summed E-state index contributed by atoms with van der Waals surface area (Å²) in [4.78, 5) is 17.4. The van der Waals surface area contributed by atoms with Gasteiger partial charge >= 0.3 is 0 Å². The van der Waals surface area contributed by atoms with E-state index >= 15 is 0 Å². The Morgan fingerprint density at radius 1 is 1.08 bits per heavy atom. The van der Waals surface area contributed by atoms with Gasteiger partial charge in [-0.1, -0.05) is 12.1 Å². The van der Waals surface area contributed by atoms with Crippen LogP contribution in [0.3, 0.4) is 0 Å². The molecule has 0 unspecified atom stereocenters. The number of rotatable bonds is 3. The van der Waals surface area contributed by atoms with Crippen LogP contribution in [0.5, 0.6) is 0 Å². The van der Waals surface area contributed by atoms with Crippen molar-refractivity contribution in [3.63, 3.8) is 0 Å². The van der Waals surface area contributed by atoms with Gasteiger partial charge in [0.15, 0.2) is 5.58 Å². The van der Waals surface area contributed by atoms with Crippen molar-refractivity contribution in [1.82, 2.24) is 4.98 Å². The molecule has 0 aliphatic carbocycles. The molecular formula is C20H16N2O2S. The lowest BCUT2D eigenvalue weighted by molar-refractivity contribution is 0.103. The number of nitrogens with zero attached hydrogens (tertiary/aromatic N) is 1. The molecule has 0 spiro atoms. The van der Waals surface area contributed by atoms with Crippen molar-refractivity contribution in [3.8, 4) is 11.5 Å². The summed E-state index contributed by atoms with van der Waals surface area (Å²) >= 11 is 1.41. The second-order valence-corrected chi connectivity index (χ2v) is 6.88. The highest BCUT2D eigenvalue weighted by Crippen LogP contribution is 2.27. The largest absolute Gasteiger partial charge is 0.436 e. The molecule has 0 atom stereocenters. The van der Waals surface area contributed by atoms with Crippen LogP contribution in [-0.2, 0) is 0 Å². The summed E-state index contributed by atoms with van der Waals surface area (Å²) in [5.74, 6) is 0.465. The maximum absolute atomic E-state index is 12.2. The Balaban J connectivity index is 1.65. The number of anilines is 1. The predicted molar refractivity (Wildman–Crippen MR) is 101 cm³/mol. The number of oxazole rings is 1. The van der Waals surface area contributed by atoms with E-state index in [4.69, 9.17) is 4.42 Å². The number of amides is 1. The Morgan fingerprint density at radius 2 is 1.96 bits per heavy atom. The quantitative estimate of drug-likeness (QED) is 0.537. The first-order valence-electron chi connectivity index (χ1n) is 7.93. The lowest BCUT2D eigenvalue weighted by atomic mass is 10.1. The molecule has 0 aliphatic rings. The molecule has 25 heavy (non-hydrogen) atoms. The van der Waals surface area contributed by atoms with Crippen LogP contribution < -0.4 is 5.32 Å². The predicted octanol–water partition coefficient (Wildman–Crippen LogP) is 5.43. The highest BCUT2D eigenvalue weighted by molar-refractivity contribution is 7.12. The molecule has 4 rings (SSSR count). The number of nitrogens with one attached hydrogen (secondary N) is 1. The fourth-order valence-electron chi connectivity index (χ4n) is 2.60. The summed E-state index contributed by atoms with van der Waals surface area (Å²) in [5.41, 5.74) is 5.50. The zero-order valence-electron chi connectivity index (χ0n) is 13.9. The first-order chi connectivity index (χ1) is 12.1. The smallest absolute Gasteiger partial charge is 0.265 e. The molecule has 0 aliphatic heterocycles. The van der Waals surface area contributed by atoms with Crippen LogP contribution >= 0.6 is 11.3 Å². The van der Waals surface area contributed by atoms with Gasteiger partial charge in [-0.2, -0.15) is 0 Å². The number of hydrogen-bond acceptors (Lipinski definition) is 4. The standard InChI is InChI=1S/C20H16N2O2S/c1-12-5-6-14(10-13(12)2)20-22-16-11-15(7-8-17(16)24-20)21-19(23)18-4-3-9-25-18/h3-11H,1-2H3,(H,21,23). The zero-order chi connectivity index (χ0) is 17.4. The second kappa shape index (κ2) is 6.18. The third kappa shape index (κ3) is 3.06. The van der Waals surface area contributed by atoms with Gasteiger partial charge in [0, 0.05) is 11.3 Å². The average molecular weight is 348 g/mol. The monoisotopic (exact) mass is 348 g/mol. The van der Waals surface area contributed by atoms with E-state index in [9.17, 15) is 4.79 Å². The maximum Gasteiger partial charge on any atom is 0.265 e. The minimum absolute atomic E-state index is 0.118. The van der Waals surface area contributed by atoms with E-state index in [0.717, 1.165) is 11.1 Å². The molecule has 1 N–H and O–H groups in total. The summed E-state index contributed by atoms with van der Waals surface area (Å²) in [6, 6.07) is 15.3. The van der Waals surface area contributed by atoms with Crippen molar-refractivity contribution in [2.24, 2.45) is 0 Å². The van der Waals surface area contributed by atoms with E-state index in [1.807, 2.05) is 35.7 Å². The molecule has 0 saturated heterocycles. The fraction of sp³-hybridized carbons (Fsp3) is 0.100. The van der Waals surface area contributed by atoms with E-state index in [1.54, 1.807) is 6.07 Å². The van der Waals surface area contributed by atoms with Crippen LogP contribution in [0.25, 0.3) is 22.6 Å². The summed E-state index contributed by atoms with van der Waals surface area (Å²) in [6.45, 7) is 4.15. The van der Waals surface area contributed by atoms with Crippen LogP contribution in [-0.4, -0.2) is 10.9 Å². The molecule has 2 aromatic carbocycles. The first kappa shape index (κ1) is 15.6. The van der Waals surface area contributed by atoms with Crippen molar-refractivity contribution in [2.75, 3.05) is 5.32 Å². The third-order valence-electron chi connectivity index (χ3n) is 4.14. The number of aryl methyl sites for hydroxylation is 2. The van der Waals surface area contributed by atoms with Gasteiger partial charge in [-0.3, -0.25) is 4.79 Å². The Bertz CT molecular complexity index is 1060. The minimum atomic E-state index is -0.118. The number of thiophene rings is 1. The summed E-state index contributed by atoms with van der Waals surface area (Å²) in [7, 11) is 0. The van der Waals surface area contributed by atoms with Crippen molar-refractivity contribution >= 4 is 34.0 Å². The van der Waals surface area contributed by atoms with E-state index in [-0.39, 0.29) is 5.91 Å². The fourth-order valence-corrected chi connectivity index (χ4v) is 3.22. The van der Waals surface area contributed by atoms with Gasteiger partial charge in [0.1, 0.15) is 5.52 Å². The molecule has 5 heteroatoms. The third-order valence-corrected chi connectivity index (χ3v) is 5.01. The number of hydrogen-bond donors (Lipinski definition) is 1. The van der Waals surface area contributed by atoms with E-state index in [0.29, 0.717) is 22.0 Å². The van der Waals surface area contributed by atoms with Gasteiger partial charge in [-0.15, -0.1) is 11.3 Å². The maximum atomic E-state index is 12.2. The number of carbonyl (C=O) groups is 1. The lowest BCUT2D eigenvalue weighted by Gasteiger charge is -2.02. The first-order valence-corrected chi connectivity index (χ1v) is 8.81. The SMILES string of the molecule is Cc1ccc(-c2nc3cc(NC(=O)c4cccs4)ccc3o2)cc1C. The molecule has 1 amide bonds. The van der Waals surface area contributed by atoms with Crippen molar-refractivity contribution in [1.29, 1.82) is 0 Å². The summed E-state index contributed by atoms with van der Waals surface area (Å²) < 4.78 is 5.86. The molecule has 2 aromatic heterocycles. The minimum Gasteiger partial charge on any atom is -0.436 e. The topological polar surface area (TPSA) is 55.1 Å². The summed E-state index contributed by atoms with van der Waals surface area (Å²) in [5, 5.41) is 4.77. The molecule has 0 saturated carbocycles. The second-order valence-electron chi connectivity index (χ2n) is 5.93. The number of aromatic nitrogens is 1. The van der Waals surface area contributed by atoms with Crippen LogP contribution in [0.4, 0.5) is 5.69 Å². The van der Waals surface area contributed by atoms with Gasteiger partial charge in [-0.05, 0) is 66.8 Å². The molecule has 4 nitrogen and oxygen atoms in total. The van der Waals surface area contributed by atoms with Crippen LogP contribution in [0.1, 0.15) is 20.8 Å². The van der Waals surface area contributed by atoms with Gasteiger partial charge in [0.25, 0.3) is 5.91 Å². The van der Waals surface area contributed by atoms with E-state index < -0.39 is 0 Å². The van der Waals surface area contributed by atoms with Crippen molar-refractivity contribution < 1.29 is 9.21 Å². The van der Waals surface area contributed by atoms with Gasteiger partial charge in [0.05, 0.1) is 4.88 Å². The van der Waals surface area contributed by atoms with Gasteiger partial charge in [-0.25, -0.2) is 4.98 Å². The Labute approximate surface area is 149 Å². The summed E-state index contributed by atoms with van der Waals surface area (Å²) in [6.07, 6.45) is 0. The lowest BCUT2D eigenvalue weighted by Crippen LogP contribution is -2.09. The van der Waals surface area contributed by atoms with Crippen molar-refractivity contribution in [3.05, 3.63) is 69.9 Å². The molecule has 0 radical (unpaired) electrons. The Kier molecular flexibility index (Phi) is 3.86. The Morgan fingerprint density at radius 3 is 2.72 bits per heavy atom. The van der Waals surface area contributed by atoms with E-state index in [2.05, 4.69) is 36.3 Å². The molecule has 2 heterocycles.